The van der Waals surface area contributed by atoms with Crippen LogP contribution in [0.1, 0.15) is 32.3 Å². The van der Waals surface area contributed by atoms with Crippen LogP contribution in [0.3, 0.4) is 0 Å². The van der Waals surface area contributed by atoms with Crippen LogP contribution in [0.15, 0.2) is 36.4 Å². The summed E-state index contributed by atoms with van der Waals surface area (Å²) in [6.07, 6.45) is 2.47. The Bertz CT molecular complexity index is 838. The Morgan fingerprint density at radius 1 is 1.00 bits per heavy atom. The van der Waals surface area contributed by atoms with Crippen LogP contribution < -0.4 is 19.1 Å². The minimum Gasteiger partial charge on any atom is -0.493 e. The fourth-order valence-corrected chi connectivity index (χ4v) is 3.96. The molecule has 0 N–H and O–H groups in total. The maximum Gasteiger partial charge on any atom is 0.165 e. The van der Waals surface area contributed by atoms with Crippen LogP contribution in [0.2, 0.25) is 0 Å². The number of piperidine rings is 1. The zero-order valence-electron chi connectivity index (χ0n) is 19.2. The highest BCUT2D eigenvalue weighted by Crippen LogP contribution is 2.32. The van der Waals surface area contributed by atoms with Gasteiger partial charge in [0.1, 0.15) is 6.61 Å². The van der Waals surface area contributed by atoms with E-state index in [1.165, 1.54) is 12.8 Å². The zero-order chi connectivity index (χ0) is 22.2. The molecule has 1 saturated heterocycles. The van der Waals surface area contributed by atoms with E-state index < -0.39 is 0 Å². The molecule has 0 saturated carbocycles. The van der Waals surface area contributed by atoms with Gasteiger partial charge >= 0.3 is 0 Å². The maximum atomic E-state index is 14.6. The van der Waals surface area contributed by atoms with Gasteiger partial charge in [0.25, 0.3) is 0 Å². The fourth-order valence-electron chi connectivity index (χ4n) is 3.96. The molecule has 0 bridgehead atoms. The van der Waals surface area contributed by atoms with E-state index in [-0.39, 0.29) is 5.82 Å². The molecule has 3 rings (SSSR count). The van der Waals surface area contributed by atoms with Gasteiger partial charge in [-0.1, -0.05) is 13.0 Å². The van der Waals surface area contributed by atoms with Crippen molar-refractivity contribution in [2.24, 2.45) is 5.92 Å². The van der Waals surface area contributed by atoms with E-state index in [2.05, 4.69) is 23.6 Å². The lowest BCUT2D eigenvalue weighted by atomic mass is 9.99. The number of hydrogen-bond donors (Lipinski definition) is 0. The van der Waals surface area contributed by atoms with Crippen LogP contribution in [-0.2, 0) is 6.54 Å². The van der Waals surface area contributed by atoms with Crippen molar-refractivity contribution in [3.63, 3.8) is 0 Å². The topological polar surface area (TPSA) is 34.2 Å². The van der Waals surface area contributed by atoms with Crippen LogP contribution >= 0.6 is 0 Å². The Morgan fingerprint density at radius 3 is 2.35 bits per heavy atom. The smallest absolute Gasteiger partial charge is 0.165 e. The normalized spacial score (nSPS) is 15.0. The van der Waals surface area contributed by atoms with E-state index in [0.29, 0.717) is 30.4 Å². The first-order valence-corrected chi connectivity index (χ1v) is 11.1. The molecule has 1 fully saturated rings. The van der Waals surface area contributed by atoms with Crippen molar-refractivity contribution in [2.75, 3.05) is 51.9 Å². The molecule has 0 atom stereocenters. The first-order valence-electron chi connectivity index (χ1n) is 11.1. The lowest BCUT2D eigenvalue weighted by Gasteiger charge is -2.29. The maximum absolute atomic E-state index is 14.6. The summed E-state index contributed by atoms with van der Waals surface area (Å²) in [7, 11) is 3.24. The molecular formula is C25H35FN2O3. The van der Waals surface area contributed by atoms with Gasteiger partial charge in [0.05, 0.1) is 14.2 Å². The van der Waals surface area contributed by atoms with Gasteiger partial charge in [-0.3, -0.25) is 4.90 Å². The van der Waals surface area contributed by atoms with Gasteiger partial charge in [-0.25, -0.2) is 4.39 Å². The Balaban J connectivity index is 1.58. The molecule has 0 amide bonds. The van der Waals surface area contributed by atoms with Crippen molar-refractivity contribution in [1.82, 2.24) is 4.90 Å². The van der Waals surface area contributed by atoms with Crippen molar-refractivity contribution in [3.05, 3.63) is 47.8 Å². The average molecular weight is 431 g/mol. The van der Waals surface area contributed by atoms with Crippen LogP contribution in [0.4, 0.5) is 10.1 Å². The predicted molar refractivity (Wildman–Crippen MR) is 123 cm³/mol. The molecule has 0 aliphatic carbocycles. The lowest BCUT2D eigenvalue weighted by Crippen LogP contribution is -2.35. The van der Waals surface area contributed by atoms with Gasteiger partial charge in [0, 0.05) is 31.4 Å². The molecule has 0 unspecified atom stereocenters. The third kappa shape index (κ3) is 6.26. The van der Waals surface area contributed by atoms with Crippen LogP contribution in [-0.4, -0.2) is 51.9 Å². The number of rotatable bonds is 10. The number of likely N-dealkylation sites (tertiary alicyclic amines) is 1. The summed E-state index contributed by atoms with van der Waals surface area (Å²) in [5.74, 6) is 2.19. The molecule has 170 valence electrons. The molecule has 0 spiro atoms. The van der Waals surface area contributed by atoms with E-state index in [9.17, 15) is 4.39 Å². The molecule has 1 heterocycles. The summed E-state index contributed by atoms with van der Waals surface area (Å²) in [5, 5.41) is 0. The first kappa shape index (κ1) is 23.2. The largest absolute Gasteiger partial charge is 0.493 e. The Morgan fingerprint density at radius 2 is 1.71 bits per heavy atom. The van der Waals surface area contributed by atoms with E-state index in [4.69, 9.17) is 14.2 Å². The summed E-state index contributed by atoms with van der Waals surface area (Å²) < 4.78 is 31.1. The van der Waals surface area contributed by atoms with E-state index in [0.717, 1.165) is 43.3 Å². The third-order valence-electron chi connectivity index (χ3n) is 6.03. The summed E-state index contributed by atoms with van der Waals surface area (Å²) in [5.41, 5.74) is 1.89. The number of methoxy groups -OCH3 is 2. The van der Waals surface area contributed by atoms with Crippen molar-refractivity contribution in [3.8, 4) is 17.2 Å². The minimum absolute atomic E-state index is 0.312. The van der Waals surface area contributed by atoms with E-state index in [1.54, 1.807) is 26.4 Å². The van der Waals surface area contributed by atoms with Gasteiger partial charge in [0.15, 0.2) is 23.1 Å². The molecular weight excluding hydrogens is 395 g/mol. The Kier molecular flexibility index (Phi) is 8.41. The van der Waals surface area contributed by atoms with Crippen molar-refractivity contribution in [2.45, 2.75) is 33.2 Å². The zero-order valence-corrected chi connectivity index (χ0v) is 19.2. The lowest BCUT2D eigenvalue weighted by molar-refractivity contribution is 0.158. The average Bonchev–Trinajstić information content (AvgIpc) is 2.79. The van der Waals surface area contributed by atoms with E-state index in [1.807, 2.05) is 24.3 Å². The second-order valence-corrected chi connectivity index (χ2v) is 8.19. The monoisotopic (exact) mass is 430 g/mol. The highest BCUT2D eigenvalue weighted by atomic mass is 19.1. The van der Waals surface area contributed by atoms with Crippen LogP contribution in [0.25, 0.3) is 0 Å². The number of nitrogens with zero attached hydrogens (tertiary/aromatic N) is 2. The number of halogens is 1. The van der Waals surface area contributed by atoms with Crippen LogP contribution in [0.5, 0.6) is 17.2 Å². The summed E-state index contributed by atoms with van der Waals surface area (Å²) >= 11 is 0. The molecule has 0 radical (unpaired) electrons. The molecule has 2 aromatic rings. The highest BCUT2D eigenvalue weighted by Gasteiger charge is 2.16. The highest BCUT2D eigenvalue weighted by molar-refractivity contribution is 5.56. The van der Waals surface area contributed by atoms with Crippen molar-refractivity contribution >= 4 is 5.69 Å². The van der Waals surface area contributed by atoms with E-state index >= 15 is 0 Å². The van der Waals surface area contributed by atoms with Gasteiger partial charge in [0.2, 0.25) is 0 Å². The molecule has 0 aromatic heterocycles. The second-order valence-electron chi connectivity index (χ2n) is 8.19. The molecule has 6 heteroatoms. The van der Waals surface area contributed by atoms with Crippen molar-refractivity contribution in [1.29, 1.82) is 0 Å². The summed E-state index contributed by atoms with van der Waals surface area (Å²) in [4.78, 5) is 4.56. The standard InChI is InChI=1S/C25H35FN2O3/c1-5-28(21-7-9-24(29-3)25(17-21)30-4)18-20-6-8-23(22(26)16-20)31-15-14-27-12-10-19(2)11-13-27/h6-9,16-17,19H,5,10-15,18H2,1-4H3. The second kappa shape index (κ2) is 11.2. The number of ether oxygens (including phenoxy) is 3. The first-order chi connectivity index (χ1) is 15.0. The molecule has 1 aliphatic rings. The van der Waals surface area contributed by atoms with Gasteiger partial charge in [-0.2, -0.15) is 0 Å². The Labute approximate surface area is 185 Å². The number of benzene rings is 2. The predicted octanol–water partition coefficient (Wildman–Crippen LogP) is 4.98. The third-order valence-corrected chi connectivity index (χ3v) is 6.03. The number of anilines is 1. The molecule has 31 heavy (non-hydrogen) atoms. The summed E-state index contributed by atoms with van der Waals surface area (Å²) in [6.45, 7) is 9.32. The molecule has 2 aromatic carbocycles. The quantitative estimate of drug-likeness (QED) is 0.531. The number of hydrogen-bond acceptors (Lipinski definition) is 5. The van der Waals surface area contributed by atoms with Crippen molar-refractivity contribution < 1.29 is 18.6 Å². The summed E-state index contributed by atoms with van der Waals surface area (Å²) in [6, 6.07) is 11.1. The van der Waals surface area contributed by atoms with Crippen LogP contribution in [0, 0.1) is 11.7 Å². The molecule has 5 nitrogen and oxygen atoms in total. The van der Waals surface area contributed by atoms with Gasteiger partial charge in [-0.05, 0) is 68.6 Å². The SMILES string of the molecule is CCN(Cc1ccc(OCCN2CCC(C)CC2)c(F)c1)c1ccc(OC)c(OC)c1. The molecule has 1 aliphatic heterocycles. The van der Waals surface area contributed by atoms with Gasteiger partial charge in [-0.15, -0.1) is 0 Å². The Hall–Kier alpha value is -2.47. The minimum atomic E-state index is -0.312. The van der Waals surface area contributed by atoms with Gasteiger partial charge < -0.3 is 19.1 Å². The fraction of sp³-hybridized carbons (Fsp3) is 0.520.